The third-order valence-electron chi connectivity index (χ3n) is 4.41. The molecule has 0 bridgehead atoms. The van der Waals surface area contributed by atoms with Crippen LogP contribution in [0.5, 0.6) is 5.75 Å². The number of hydrogen-bond donors (Lipinski definition) is 1. The minimum atomic E-state index is -3.51. The molecule has 0 saturated carbocycles. The molecular weight excluding hydrogens is 290 g/mol. The zero-order valence-corrected chi connectivity index (χ0v) is 13.4. The first-order chi connectivity index (χ1) is 9.97. The molecule has 1 aromatic rings. The smallest absolute Gasteiger partial charge is 0.243 e. The second-order valence-electron chi connectivity index (χ2n) is 5.63. The lowest BCUT2D eigenvalue weighted by Crippen LogP contribution is -2.47. The molecule has 1 aliphatic rings. The van der Waals surface area contributed by atoms with E-state index in [1.165, 1.54) is 4.31 Å². The van der Waals surface area contributed by atoms with Crippen LogP contribution in [-0.4, -0.2) is 44.6 Å². The van der Waals surface area contributed by atoms with Crippen molar-refractivity contribution in [3.05, 3.63) is 24.3 Å². The molecule has 1 fully saturated rings. The molecule has 5 nitrogen and oxygen atoms in total. The van der Waals surface area contributed by atoms with Crippen molar-refractivity contribution in [1.82, 2.24) is 4.31 Å². The minimum Gasteiger partial charge on any atom is -0.497 e. The van der Waals surface area contributed by atoms with Gasteiger partial charge >= 0.3 is 0 Å². The molecule has 1 aliphatic heterocycles. The highest BCUT2D eigenvalue weighted by Crippen LogP contribution is 2.35. The largest absolute Gasteiger partial charge is 0.497 e. The molecule has 6 heteroatoms. The van der Waals surface area contributed by atoms with Gasteiger partial charge in [-0.2, -0.15) is 4.31 Å². The monoisotopic (exact) mass is 313 g/mol. The summed E-state index contributed by atoms with van der Waals surface area (Å²) in [5, 5.41) is 9.63. The van der Waals surface area contributed by atoms with Crippen LogP contribution in [0, 0.1) is 5.41 Å². The number of sulfonamides is 1. The van der Waals surface area contributed by atoms with Gasteiger partial charge in [-0.25, -0.2) is 8.42 Å². The number of benzene rings is 1. The Bertz CT molecular complexity index is 564. The average Bonchev–Trinajstić information content (AvgIpc) is 2.54. The lowest BCUT2D eigenvalue weighted by molar-refractivity contribution is 0.0609. The normalized spacial score (nSPS) is 24.0. The molecule has 0 aromatic heterocycles. The lowest BCUT2D eigenvalue weighted by atomic mass is 9.79. The Labute approximate surface area is 126 Å². The van der Waals surface area contributed by atoms with Gasteiger partial charge in [0, 0.05) is 25.1 Å². The first kappa shape index (κ1) is 16.3. The first-order valence-corrected chi connectivity index (χ1v) is 8.66. The number of rotatable bonds is 5. The number of nitrogens with zero attached hydrogens (tertiary/aromatic N) is 1. The summed E-state index contributed by atoms with van der Waals surface area (Å²) in [4.78, 5) is 0.271. The molecule has 0 amide bonds. The van der Waals surface area contributed by atoms with Gasteiger partial charge in [0.1, 0.15) is 5.75 Å². The molecule has 1 N–H and O–H groups in total. The summed E-state index contributed by atoms with van der Waals surface area (Å²) in [6, 6.07) is 6.43. The van der Waals surface area contributed by atoms with E-state index in [4.69, 9.17) is 4.74 Å². The average molecular weight is 313 g/mol. The highest BCUT2D eigenvalue weighted by Gasteiger charge is 2.38. The van der Waals surface area contributed by atoms with E-state index < -0.39 is 10.0 Å². The Hall–Kier alpha value is -1.11. The van der Waals surface area contributed by atoms with Crippen LogP contribution in [0.2, 0.25) is 0 Å². The van der Waals surface area contributed by atoms with Crippen LogP contribution in [0.15, 0.2) is 29.2 Å². The molecule has 1 atom stereocenters. The maximum absolute atomic E-state index is 12.7. The van der Waals surface area contributed by atoms with Gasteiger partial charge in [0.2, 0.25) is 10.0 Å². The van der Waals surface area contributed by atoms with Crippen molar-refractivity contribution < 1.29 is 18.3 Å². The Morgan fingerprint density at radius 1 is 1.33 bits per heavy atom. The summed E-state index contributed by atoms with van der Waals surface area (Å²) in [6.07, 6.45) is 2.43. The number of aliphatic hydroxyl groups excluding tert-OH is 1. The van der Waals surface area contributed by atoms with Crippen molar-refractivity contribution in [2.24, 2.45) is 5.41 Å². The zero-order chi connectivity index (χ0) is 15.5. The Morgan fingerprint density at radius 2 is 2.00 bits per heavy atom. The lowest BCUT2D eigenvalue weighted by Gasteiger charge is -2.40. The van der Waals surface area contributed by atoms with Gasteiger partial charge < -0.3 is 9.84 Å². The van der Waals surface area contributed by atoms with Crippen molar-refractivity contribution in [2.75, 3.05) is 26.8 Å². The topological polar surface area (TPSA) is 66.8 Å². The Kier molecular flexibility index (Phi) is 4.91. The molecular formula is C15H23NO4S. The van der Waals surface area contributed by atoms with E-state index in [9.17, 15) is 13.5 Å². The number of ether oxygens (including phenoxy) is 1. The van der Waals surface area contributed by atoms with E-state index in [1.807, 2.05) is 6.92 Å². The zero-order valence-electron chi connectivity index (χ0n) is 12.6. The standard InChI is InChI=1S/C15H23NO4S/c1-3-15(12-17)9-4-10-16(11-15)21(18,19)14-7-5-13(20-2)6-8-14/h5-8,17H,3-4,9-12H2,1-2H3/t15-/m0/s1. The van der Waals surface area contributed by atoms with Gasteiger partial charge in [-0.15, -0.1) is 0 Å². The number of piperidine rings is 1. The van der Waals surface area contributed by atoms with Crippen molar-refractivity contribution in [3.8, 4) is 5.75 Å². The maximum atomic E-state index is 12.7. The predicted octanol–water partition coefficient (Wildman–Crippen LogP) is 1.87. The summed E-state index contributed by atoms with van der Waals surface area (Å²) in [5.74, 6) is 0.630. The molecule has 0 aliphatic carbocycles. The molecule has 0 unspecified atom stereocenters. The SMILES string of the molecule is CC[C@]1(CO)CCCN(S(=O)(=O)c2ccc(OC)cc2)C1. The summed E-state index contributed by atoms with van der Waals surface area (Å²) < 4.78 is 32.0. The molecule has 118 valence electrons. The van der Waals surface area contributed by atoms with Gasteiger partial charge in [-0.3, -0.25) is 0 Å². The molecule has 1 aromatic carbocycles. The van der Waals surface area contributed by atoms with Crippen LogP contribution >= 0.6 is 0 Å². The second-order valence-corrected chi connectivity index (χ2v) is 7.57. The van der Waals surface area contributed by atoms with Gasteiger partial charge in [0.05, 0.1) is 12.0 Å². The van der Waals surface area contributed by atoms with Crippen LogP contribution in [0.4, 0.5) is 0 Å². The molecule has 0 radical (unpaired) electrons. The summed E-state index contributed by atoms with van der Waals surface area (Å²) in [7, 11) is -1.96. The summed E-state index contributed by atoms with van der Waals surface area (Å²) in [5.41, 5.74) is -0.308. The van der Waals surface area contributed by atoms with E-state index >= 15 is 0 Å². The maximum Gasteiger partial charge on any atom is 0.243 e. The van der Waals surface area contributed by atoms with Crippen LogP contribution in [0.1, 0.15) is 26.2 Å². The number of hydrogen-bond acceptors (Lipinski definition) is 4. The number of aliphatic hydroxyl groups is 1. The third-order valence-corrected chi connectivity index (χ3v) is 6.27. The van der Waals surface area contributed by atoms with Gasteiger partial charge in [-0.1, -0.05) is 6.92 Å². The molecule has 2 rings (SSSR count). The van der Waals surface area contributed by atoms with E-state index in [0.29, 0.717) is 18.8 Å². The van der Waals surface area contributed by atoms with E-state index in [0.717, 1.165) is 19.3 Å². The summed E-state index contributed by atoms with van der Waals surface area (Å²) in [6.45, 7) is 2.92. The van der Waals surface area contributed by atoms with E-state index in [2.05, 4.69) is 0 Å². The predicted molar refractivity (Wildman–Crippen MR) is 80.8 cm³/mol. The van der Waals surface area contributed by atoms with Crippen molar-refractivity contribution in [2.45, 2.75) is 31.1 Å². The molecule has 21 heavy (non-hydrogen) atoms. The van der Waals surface area contributed by atoms with E-state index in [-0.39, 0.29) is 16.9 Å². The van der Waals surface area contributed by atoms with Crippen molar-refractivity contribution in [3.63, 3.8) is 0 Å². The van der Waals surface area contributed by atoms with Crippen LogP contribution < -0.4 is 4.74 Å². The fourth-order valence-electron chi connectivity index (χ4n) is 2.79. The fraction of sp³-hybridized carbons (Fsp3) is 0.600. The molecule has 1 saturated heterocycles. The highest BCUT2D eigenvalue weighted by atomic mass is 32.2. The minimum absolute atomic E-state index is 0.0259. The van der Waals surface area contributed by atoms with Gasteiger partial charge in [0.15, 0.2) is 0 Å². The van der Waals surface area contributed by atoms with Crippen LogP contribution in [0.25, 0.3) is 0 Å². The van der Waals surface area contributed by atoms with Gasteiger partial charge in [0.25, 0.3) is 0 Å². The summed E-state index contributed by atoms with van der Waals surface area (Å²) >= 11 is 0. The van der Waals surface area contributed by atoms with Crippen LogP contribution in [0.3, 0.4) is 0 Å². The Balaban J connectivity index is 2.25. The molecule has 0 spiro atoms. The second kappa shape index (κ2) is 6.34. The molecule has 1 heterocycles. The third kappa shape index (κ3) is 3.22. The Morgan fingerprint density at radius 3 is 2.52 bits per heavy atom. The van der Waals surface area contributed by atoms with Crippen molar-refractivity contribution in [1.29, 1.82) is 0 Å². The first-order valence-electron chi connectivity index (χ1n) is 7.22. The highest BCUT2D eigenvalue weighted by molar-refractivity contribution is 7.89. The van der Waals surface area contributed by atoms with Crippen molar-refractivity contribution >= 4 is 10.0 Å². The van der Waals surface area contributed by atoms with Crippen LogP contribution in [-0.2, 0) is 10.0 Å². The number of methoxy groups -OCH3 is 1. The van der Waals surface area contributed by atoms with Gasteiger partial charge in [-0.05, 0) is 43.5 Å². The fourth-order valence-corrected chi connectivity index (χ4v) is 4.39. The van der Waals surface area contributed by atoms with E-state index in [1.54, 1.807) is 31.4 Å². The quantitative estimate of drug-likeness (QED) is 0.901.